The molecule has 2 aromatic rings. The van der Waals surface area contributed by atoms with Crippen molar-refractivity contribution >= 4 is 33.3 Å². The monoisotopic (exact) mass is 443 g/mol. The van der Waals surface area contributed by atoms with E-state index in [4.69, 9.17) is 11.6 Å². The summed E-state index contributed by atoms with van der Waals surface area (Å²) in [6, 6.07) is 8.74. The second-order valence-corrected chi connectivity index (χ2v) is 8.48. The second-order valence-electron chi connectivity index (χ2n) is 6.14. The van der Waals surface area contributed by atoms with Crippen molar-refractivity contribution in [1.82, 2.24) is 9.62 Å². The van der Waals surface area contributed by atoms with Gasteiger partial charge in [-0.1, -0.05) is 37.6 Å². The second kappa shape index (κ2) is 10.0. The summed E-state index contributed by atoms with van der Waals surface area (Å²) >= 11 is 6.07. The highest BCUT2D eigenvalue weighted by Crippen LogP contribution is 2.27. The lowest BCUT2D eigenvalue weighted by atomic mass is 10.1. The molecule has 0 heterocycles. The molecule has 0 aromatic heterocycles. The lowest BCUT2D eigenvalue weighted by Gasteiger charge is -2.19. The molecule has 0 saturated carbocycles. The van der Waals surface area contributed by atoms with Crippen molar-refractivity contribution in [3.8, 4) is 0 Å². The first-order valence-corrected chi connectivity index (χ1v) is 10.8. The van der Waals surface area contributed by atoms with Crippen LogP contribution in [0.2, 0.25) is 5.02 Å². The quantitative estimate of drug-likeness (QED) is 0.582. The number of carbonyl (C=O) groups is 1. The number of benzene rings is 2. The third-order valence-electron chi connectivity index (χ3n) is 4.22. The van der Waals surface area contributed by atoms with Gasteiger partial charge in [0, 0.05) is 19.6 Å². The highest BCUT2D eigenvalue weighted by atomic mass is 35.5. The zero-order valence-corrected chi connectivity index (χ0v) is 17.6. The van der Waals surface area contributed by atoms with Crippen LogP contribution in [0.1, 0.15) is 25.5 Å². The third kappa shape index (κ3) is 5.89. The molecule has 0 aliphatic rings. The van der Waals surface area contributed by atoms with Gasteiger partial charge in [-0.3, -0.25) is 0 Å². The van der Waals surface area contributed by atoms with Crippen molar-refractivity contribution < 1.29 is 22.7 Å². The molecule has 0 saturated heterocycles. The lowest BCUT2D eigenvalue weighted by molar-refractivity contribution is 0.174. The third-order valence-corrected chi connectivity index (χ3v) is 6.59. The molecule has 158 valence electrons. The van der Waals surface area contributed by atoms with Crippen LogP contribution in [0.25, 0.3) is 0 Å². The molecule has 10 heteroatoms. The standard InChI is InChI=1S/C19H23ClFN3O4S/c1-3-24(4-2)29(27,28)15-8-9-16(20)17(11-15)23-19(26)22-12-18(25)13-6-5-7-14(21)10-13/h5-11,18,25H,3-4,12H2,1-2H3,(H2,22,23,26). The summed E-state index contributed by atoms with van der Waals surface area (Å²) in [6.45, 7) is 3.90. The van der Waals surface area contributed by atoms with Gasteiger partial charge in [-0.2, -0.15) is 4.31 Å². The van der Waals surface area contributed by atoms with E-state index < -0.39 is 28.0 Å². The Hall–Kier alpha value is -2.20. The van der Waals surface area contributed by atoms with E-state index in [9.17, 15) is 22.7 Å². The molecule has 2 rings (SSSR count). The van der Waals surface area contributed by atoms with Crippen LogP contribution < -0.4 is 10.6 Å². The van der Waals surface area contributed by atoms with Crippen LogP contribution >= 0.6 is 11.6 Å². The first-order chi connectivity index (χ1) is 13.7. The molecule has 0 bridgehead atoms. The largest absolute Gasteiger partial charge is 0.387 e. The SMILES string of the molecule is CCN(CC)S(=O)(=O)c1ccc(Cl)c(NC(=O)NCC(O)c2cccc(F)c2)c1. The molecule has 0 fully saturated rings. The molecule has 7 nitrogen and oxygen atoms in total. The van der Waals surface area contributed by atoms with E-state index in [2.05, 4.69) is 10.6 Å². The van der Waals surface area contributed by atoms with Gasteiger partial charge in [-0.05, 0) is 35.9 Å². The van der Waals surface area contributed by atoms with E-state index in [1.54, 1.807) is 13.8 Å². The number of hydrogen-bond donors (Lipinski definition) is 3. The summed E-state index contributed by atoms with van der Waals surface area (Å²) in [6.07, 6.45) is -1.11. The van der Waals surface area contributed by atoms with Crippen molar-refractivity contribution in [1.29, 1.82) is 0 Å². The average molecular weight is 444 g/mol. The van der Waals surface area contributed by atoms with Gasteiger partial charge in [-0.25, -0.2) is 17.6 Å². The summed E-state index contributed by atoms with van der Waals surface area (Å²) in [7, 11) is -3.71. The Balaban J connectivity index is 2.08. The number of urea groups is 1. The van der Waals surface area contributed by atoms with Crippen LogP contribution in [0.4, 0.5) is 14.9 Å². The number of halogens is 2. The molecule has 2 aromatic carbocycles. The highest BCUT2D eigenvalue weighted by Gasteiger charge is 2.23. The van der Waals surface area contributed by atoms with Gasteiger partial charge in [0.2, 0.25) is 10.0 Å². The number of nitrogens with one attached hydrogen (secondary N) is 2. The van der Waals surface area contributed by atoms with Crippen molar-refractivity contribution in [2.75, 3.05) is 25.0 Å². The van der Waals surface area contributed by atoms with Crippen molar-refractivity contribution in [2.45, 2.75) is 24.8 Å². The van der Waals surface area contributed by atoms with Crippen LogP contribution in [0, 0.1) is 5.82 Å². The first kappa shape index (κ1) is 23.1. The number of nitrogens with zero attached hydrogens (tertiary/aromatic N) is 1. The Kier molecular flexibility index (Phi) is 7.97. The van der Waals surface area contributed by atoms with E-state index in [0.29, 0.717) is 18.7 Å². The van der Waals surface area contributed by atoms with Crippen molar-refractivity contribution in [3.05, 3.63) is 58.9 Å². The van der Waals surface area contributed by atoms with E-state index in [0.717, 1.165) is 0 Å². The number of aliphatic hydroxyl groups is 1. The van der Waals surface area contributed by atoms with E-state index in [-0.39, 0.29) is 22.2 Å². The van der Waals surface area contributed by atoms with Gasteiger partial charge in [0.15, 0.2) is 0 Å². The number of rotatable bonds is 8. The maximum atomic E-state index is 13.2. The van der Waals surface area contributed by atoms with E-state index in [1.807, 2.05) is 0 Å². The molecule has 29 heavy (non-hydrogen) atoms. The fraction of sp³-hybridized carbons (Fsp3) is 0.316. The topological polar surface area (TPSA) is 98.7 Å². The smallest absolute Gasteiger partial charge is 0.319 e. The molecule has 1 atom stereocenters. The van der Waals surface area contributed by atoms with Gasteiger partial charge in [-0.15, -0.1) is 0 Å². The molecule has 3 N–H and O–H groups in total. The average Bonchev–Trinajstić information content (AvgIpc) is 2.68. The minimum Gasteiger partial charge on any atom is -0.387 e. The Bertz CT molecular complexity index is 968. The summed E-state index contributed by atoms with van der Waals surface area (Å²) in [5.74, 6) is -0.496. The number of carbonyl (C=O) groups excluding carboxylic acids is 1. The summed E-state index contributed by atoms with van der Waals surface area (Å²) in [5, 5.41) is 15.1. The fourth-order valence-electron chi connectivity index (χ4n) is 2.66. The molecule has 1 unspecified atom stereocenters. The van der Waals surface area contributed by atoms with Crippen LogP contribution in [-0.4, -0.2) is 43.5 Å². The maximum absolute atomic E-state index is 13.2. The zero-order chi connectivity index (χ0) is 21.6. The number of sulfonamides is 1. The highest BCUT2D eigenvalue weighted by molar-refractivity contribution is 7.89. The van der Waals surface area contributed by atoms with E-state index >= 15 is 0 Å². The molecule has 0 aliphatic carbocycles. The Labute approximate surface area is 174 Å². The summed E-state index contributed by atoms with van der Waals surface area (Å²) in [4.78, 5) is 12.1. The minimum absolute atomic E-state index is 0.000644. The Morgan fingerprint density at radius 1 is 1.21 bits per heavy atom. The Morgan fingerprint density at radius 3 is 2.52 bits per heavy atom. The molecule has 0 spiro atoms. The maximum Gasteiger partial charge on any atom is 0.319 e. The molecule has 0 aliphatic heterocycles. The number of anilines is 1. The molecular weight excluding hydrogens is 421 g/mol. The predicted octanol–water partition coefficient (Wildman–Crippen LogP) is 3.36. The Morgan fingerprint density at radius 2 is 1.90 bits per heavy atom. The van der Waals surface area contributed by atoms with Crippen LogP contribution in [0.15, 0.2) is 47.4 Å². The van der Waals surface area contributed by atoms with E-state index in [1.165, 1.54) is 46.8 Å². The van der Waals surface area contributed by atoms with Gasteiger partial charge in [0.05, 0.1) is 21.7 Å². The first-order valence-electron chi connectivity index (χ1n) is 8.97. The fourth-order valence-corrected chi connectivity index (χ4v) is 4.31. The minimum atomic E-state index is -3.71. The van der Waals surface area contributed by atoms with Crippen LogP contribution in [0.5, 0.6) is 0 Å². The normalized spacial score (nSPS) is 12.6. The van der Waals surface area contributed by atoms with Crippen molar-refractivity contribution in [3.63, 3.8) is 0 Å². The van der Waals surface area contributed by atoms with Gasteiger partial charge < -0.3 is 15.7 Å². The molecule has 0 radical (unpaired) electrons. The van der Waals surface area contributed by atoms with Gasteiger partial charge in [0.1, 0.15) is 5.82 Å². The van der Waals surface area contributed by atoms with Gasteiger partial charge in [0.25, 0.3) is 0 Å². The number of aliphatic hydroxyl groups excluding tert-OH is 1. The zero-order valence-electron chi connectivity index (χ0n) is 16.0. The number of amides is 2. The summed E-state index contributed by atoms with van der Waals surface area (Å²) < 4.78 is 39.8. The van der Waals surface area contributed by atoms with Gasteiger partial charge >= 0.3 is 6.03 Å². The van der Waals surface area contributed by atoms with Crippen LogP contribution in [-0.2, 0) is 10.0 Å². The van der Waals surface area contributed by atoms with Crippen molar-refractivity contribution in [2.24, 2.45) is 0 Å². The molecule has 2 amide bonds. The molecular formula is C19H23ClFN3O4S. The number of hydrogen-bond acceptors (Lipinski definition) is 4. The summed E-state index contributed by atoms with van der Waals surface area (Å²) in [5.41, 5.74) is 0.424. The lowest BCUT2D eigenvalue weighted by Crippen LogP contribution is -2.33. The van der Waals surface area contributed by atoms with Crippen LogP contribution in [0.3, 0.4) is 0 Å². The predicted molar refractivity (Wildman–Crippen MR) is 110 cm³/mol.